The number of aromatic nitrogens is 2. The van der Waals surface area contributed by atoms with Crippen LogP contribution in [0.25, 0.3) is 0 Å². The van der Waals surface area contributed by atoms with Gasteiger partial charge in [-0.3, -0.25) is 9.59 Å². The molecule has 9 nitrogen and oxygen atoms in total. The summed E-state index contributed by atoms with van der Waals surface area (Å²) in [6, 6.07) is 5.40. The summed E-state index contributed by atoms with van der Waals surface area (Å²) in [6.45, 7) is 0.457. The summed E-state index contributed by atoms with van der Waals surface area (Å²) in [5.41, 5.74) is 4.73. The van der Waals surface area contributed by atoms with Gasteiger partial charge in [-0.15, -0.1) is 0 Å². The highest BCUT2D eigenvalue weighted by Gasteiger charge is 2.30. The Balaban J connectivity index is 1.43. The first kappa shape index (κ1) is 23.0. The van der Waals surface area contributed by atoms with Crippen LogP contribution in [0.4, 0.5) is 19.7 Å². The van der Waals surface area contributed by atoms with Gasteiger partial charge in [-0.25, -0.2) is 22.2 Å². The standard InChI is InChI=1S/C20H19F2N5O4S2/c21-13-2-1-3-14(22)16(13)17(29)18-19(23)26-20(32-18)25-11-6-8-27(9-7-11)33(30,31)12-4-5-15(28)24-10-12/h1-5,10-11H,6-9,23H2,(H,24,28)(H,25,26). The molecule has 4 N–H and O–H groups in total. The van der Waals surface area contributed by atoms with Gasteiger partial charge in [0.1, 0.15) is 22.3 Å². The molecule has 0 aliphatic carbocycles. The van der Waals surface area contributed by atoms with Crippen LogP contribution in [0.1, 0.15) is 28.1 Å². The van der Waals surface area contributed by atoms with Crippen LogP contribution in [0.2, 0.25) is 0 Å². The lowest BCUT2D eigenvalue weighted by molar-refractivity contribution is 0.103. The minimum absolute atomic E-state index is 0.00439. The van der Waals surface area contributed by atoms with E-state index in [9.17, 15) is 26.8 Å². The molecule has 33 heavy (non-hydrogen) atoms. The molecule has 0 saturated carbocycles. The quantitative estimate of drug-likeness (QED) is 0.446. The third-order valence-corrected chi connectivity index (χ3v) is 8.12. The van der Waals surface area contributed by atoms with Crippen molar-refractivity contribution in [1.82, 2.24) is 14.3 Å². The van der Waals surface area contributed by atoms with Gasteiger partial charge in [0, 0.05) is 31.4 Å². The van der Waals surface area contributed by atoms with Crippen LogP contribution in [0, 0.1) is 11.6 Å². The van der Waals surface area contributed by atoms with Gasteiger partial charge in [-0.05, 0) is 31.0 Å². The number of hydrogen-bond acceptors (Lipinski definition) is 8. The molecule has 1 aliphatic heterocycles. The van der Waals surface area contributed by atoms with E-state index < -0.39 is 38.6 Å². The average Bonchev–Trinajstić information content (AvgIpc) is 3.14. The van der Waals surface area contributed by atoms with Gasteiger partial charge in [0.15, 0.2) is 5.13 Å². The van der Waals surface area contributed by atoms with E-state index in [1.165, 1.54) is 10.4 Å². The zero-order chi connectivity index (χ0) is 23.8. The van der Waals surface area contributed by atoms with Crippen molar-refractivity contribution in [2.45, 2.75) is 23.8 Å². The number of aromatic amines is 1. The normalized spacial score (nSPS) is 15.5. The fourth-order valence-electron chi connectivity index (χ4n) is 3.51. The monoisotopic (exact) mass is 495 g/mol. The van der Waals surface area contributed by atoms with E-state index >= 15 is 0 Å². The molecule has 1 aliphatic rings. The van der Waals surface area contributed by atoms with Crippen LogP contribution in [0.5, 0.6) is 0 Å². The Bertz CT molecular complexity index is 1320. The fraction of sp³-hybridized carbons (Fsp3) is 0.250. The molecule has 174 valence electrons. The average molecular weight is 496 g/mol. The predicted octanol–water partition coefficient (Wildman–Crippen LogP) is 2.19. The molecule has 13 heteroatoms. The minimum Gasteiger partial charge on any atom is -0.382 e. The minimum atomic E-state index is -3.74. The van der Waals surface area contributed by atoms with Crippen molar-refractivity contribution in [3.63, 3.8) is 0 Å². The van der Waals surface area contributed by atoms with Gasteiger partial charge in [0.2, 0.25) is 21.4 Å². The zero-order valence-electron chi connectivity index (χ0n) is 17.0. The molecule has 1 aromatic carbocycles. The van der Waals surface area contributed by atoms with Crippen LogP contribution >= 0.6 is 11.3 Å². The van der Waals surface area contributed by atoms with Crippen LogP contribution < -0.4 is 16.6 Å². The van der Waals surface area contributed by atoms with Crippen molar-refractivity contribution in [1.29, 1.82) is 0 Å². The third kappa shape index (κ3) is 4.65. The molecule has 0 radical (unpaired) electrons. The number of piperidine rings is 1. The number of carbonyl (C=O) groups excluding carboxylic acids is 1. The highest BCUT2D eigenvalue weighted by Crippen LogP contribution is 2.31. The Labute approximate surface area is 191 Å². The zero-order valence-corrected chi connectivity index (χ0v) is 18.7. The highest BCUT2D eigenvalue weighted by molar-refractivity contribution is 7.89. The van der Waals surface area contributed by atoms with E-state index in [0.29, 0.717) is 18.0 Å². The number of anilines is 2. The lowest BCUT2D eigenvalue weighted by Crippen LogP contribution is -2.42. The van der Waals surface area contributed by atoms with Crippen molar-refractivity contribution in [2.75, 3.05) is 24.1 Å². The number of nitrogens with zero attached hydrogens (tertiary/aromatic N) is 2. The topological polar surface area (TPSA) is 138 Å². The molecule has 1 saturated heterocycles. The number of rotatable bonds is 6. The Kier molecular flexibility index (Phi) is 6.28. The number of nitrogens with one attached hydrogen (secondary N) is 2. The molecule has 3 heterocycles. The molecule has 0 bridgehead atoms. The van der Waals surface area contributed by atoms with Crippen molar-refractivity contribution >= 4 is 38.1 Å². The van der Waals surface area contributed by atoms with Crippen molar-refractivity contribution in [3.05, 3.63) is 69.0 Å². The van der Waals surface area contributed by atoms with Crippen LogP contribution in [-0.4, -0.2) is 47.6 Å². The van der Waals surface area contributed by atoms with Gasteiger partial charge in [-0.2, -0.15) is 4.31 Å². The van der Waals surface area contributed by atoms with E-state index in [-0.39, 0.29) is 34.7 Å². The second kappa shape index (κ2) is 9.00. The molecule has 0 spiro atoms. The number of pyridine rings is 1. The fourth-order valence-corrected chi connectivity index (χ4v) is 5.85. The predicted molar refractivity (Wildman–Crippen MR) is 119 cm³/mol. The first-order valence-corrected chi connectivity index (χ1v) is 12.1. The summed E-state index contributed by atoms with van der Waals surface area (Å²) in [7, 11) is -3.74. The number of halogens is 2. The summed E-state index contributed by atoms with van der Waals surface area (Å²) in [6.07, 6.45) is 2.07. The smallest absolute Gasteiger partial charge is 0.247 e. The van der Waals surface area contributed by atoms with E-state index in [1.807, 2.05) is 0 Å². The molecule has 0 atom stereocenters. The summed E-state index contributed by atoms with van der Waals surface area (Å²) >= 11 is 0.882. The first-order valence-electron chi connectivity index (χ1n) is 9.87. The second-order valence-electron chi connectivity index (χ2n) is 7.37. The van der Waals surface area contributed by atoms with E-state index in [1.54, 1.807) is 0 Å². The second-order valence-corrected chi connectivity index (χ2v) is 10.3. The van der Waals surface area contributed by atoms with E-state index in [0.717, 1.165) is 41.8 Å². The van der Waals surface area contributed by atoms with E-state index in [4.69, 9.17) is 5.73 Å². The molecule has 4 rings (SSSR count). The number of H-pyrrole nitrogens is 1. The number of ketones is 1. The number of sulfonamides is 1. The van der Waals surface area contributed by atoms with Crippen molar-refractivity contribution < 1.29 is 22.0 Å². The molecular weight excluding hydrogens is 476 g/mol. The number of benzene rings is 1. The van der Waals surface area contributed by atoms with Crippen LogP contribution in [0.3, 0.4) is 0 Å². The Hall–Kier alpha value is -3.16. The maximum absolute atomic E-state index is 14.0. The summed E-state index contributed by atoms with van der Waals surface area (Å²) in [5.74, 6) is -3.01. The van der Waals surface area contributed by atoms with Gasteiger partial charge in [0.25, 0.3) is 0 Å². The van der Waals surface area contributed by atoms with Gasteiger partial charge in [-0.1, -0.05) is 17.4 Å². The first-order chi connectivity index (χ1) is 15.7. The summed E-state index contributed by atoms with van der Waals surface area (Å²) < 4.78 is 54.7. The number of hydrogen-bond donors (Lipinski definition) is 3. The van der Waals surface area contributed by atoms with Crippen molar-refractivity contribution in [2.24, 2.45) is 0 Å². The van der Waals surface area contributed by atoms with Crippen molar-refractivity contribution in [3.8, 4) is 0 Å². The molecule has 0 amide bonds. The van der Waals surface area contributed by atoms with E-state index in [2.05, 4.69) is 15.3 Å². The number of nitrogen functional groups attached to an aromatic ring is 1. The highest BCUT2D eigenvalue weighted by atomic mass is 32.2. The Morgan fingerprint density at radius 2 is 1.85 bits per heavy atom. The molecule has 0 unspecified atom stereocenters. The lowest BCUT2D eigenvalue weighted by Gasteiger charge is -2.31. The Morgan fingerprint density at radius 1 is 1.18 bits per heavy atom. The maximum Gasteiger partial charge on any atom is 0.247 e. The third-order valence-electron chi connectivity index (χ3n) is 5.22. The van der Waals surface area contributed by atoms with Crippen LogP contribution in [0.15, 0.2) is 46.2 Å². The van der Waals surface area contributed by atoms with Gasteiger partial charge >= 0.3 is 0 Å². The molecule has 1 fully saturated rings. The Morgan fingerprint density at radius 3 is 2.45 bits per heavy atom. The molecule has 2 aromatic heterocycles. The van der Waals surface area contributed by atoms with Gasteiger partial charge < -0.3 is 16.0 Å². The number of nitrogens with two attached hydrogens (primary N) is 1. The maximum atomic E-state index is 14.0. The molecular formula is C20H19F2N5O4S2. The number of thiazole rings is 1. The SMILES string of the molecule is Nc1nc(NC2CCN(S(=O)(=O)c3ccc(=O)[nH]c3)CC2)sc1C(=O)c1c(F)cccc1F. The van der Waals surface area contributed by atoms with Crippen LogP contribution in [-0.2, 0) is 10.0 Å². The van der Waals surface area contributed by atoms with Gasteiger partial charge in [0.05, 0.1) is 10.5 Å². The largest absolute Gasteiger partial charge is 0.382 e. The number of carbonyl (C=O) groups is 1. The summed E-state index contributed by atoms with van der Waals surface area (Å²) in [4.78, 5) is 30.2. The summed E-state index contributed by atoms with van der Waals surface area (Å²) in [5, 5.41) is 3.42. The lowest BCUT2D eigenvalue weighted by atomic mass is 10.1. The molecule has 3 aromatic rings.